The Kier molecular flexibility index (Phi) is 5.28. The second-order valence-corrected chi connectivity index (χ2v) is 9.12. The lowest BCUT2D eigenvalue weighted by atomic mass is 9.55. The standard InChI is InChI=1S/C23H32FNO2/c1-3-19-11-20-18(9-17(10-21(20)24)22(26)27-2)15-25(19)14-16-12-23(13-16)7-5-4-6-8-23/h9-10,16,19H,3-8,11-15H2,1-2H3. The fourth-order valence-electron chi connectivity index (χ4n) is 5.96. The average Bonchev–Trinajstić information content (AvgIpc) is 2.66. The van der Waals surface area contributed by atoms with Crippen molar-refractivity contribution in [3.8, 4) is 0 Å². The first-order valence-corrected chi connectivity index (χ1v) is 10.7. The van der Waals surface area contributed by atoms with Gasteiger partial charge in [-0.1, -0.05) is 26.2 Å². The maximum absolute atomic E-state index is 14.6. The molecule has 2 fully saturated rings. The van der Waals surface area contributed by atoms with E-state index >= 15 is 0 Å². The number of nitrogens with zero attached hydrogens (tertiary/aromatic N) is 1. The maximum atomic E-state index is 14.6. The summed E-state index contributed by atoms with van der Waals surface area (Å²) in [6.45, 7) is 4.07. The van der Waals surface area contributed by atoms with Crippen molar-refractivity contribution in [1.82, 2.24) is 4.90 Å². The molecule has 2 aliphatic carbocycles. The van der Waals surface area contributed by atoms with E-state index in [1.807, 2.05) is 6.07 Å². The van der Waals surface area contributed by atoms with E-state index in [0.29, 0.717) is 17.0 Å². The molecule has 2 saturated carbocycles. The Bertz CT molecular complexity index is 703. The van der Waals surface area contributed by atoms with Crippen LogP contribution in [0.4, 0.5) is 4.39 Å². The summed E-state index contributed by atoms with van der Waals surface area (Å²) in [7, 11) is 1.34. The van der Waals surface area contributed by atoms with E-state index in [-0.39, 0.29) is 5.82 Å². The second kappa shape index (κ2) is 7.54. The van der Waals surface area contributed by atoms with Crippen molar-refractivity contribution in [2.45, 2.75) is 77.3 Å². The summed E-state index contributed by atoms with van der Waals surface area (Å²) in [4.78, 5) is 14.4. The summed E-state index contributed by atoms with van der Waals surface area (Å²) < 4.78 is 19.4. The molecule has 0 radical (unpaired) electrons. The topological polar surface area (TPSA) is 29.5 Å². The molecular weight excluding hydrogens is 341 g/mol. The Balaban J connectivity index is 1.47. The summed E-state index contributed by atoms with van der Waals surface area (Å²) in [5.74, 6) is 0.0715. The van der Waals surface area contributed by atoms with Crippen LogP contribution in [0.1, 0.15) is 79.8 Å². The van der Waals surface area contributed by atoms with Gasteiger partial charge in [0.25, 0.3) is 0 Å². The predicted octanol–water partition coefficient (Wildman–Crippen LogP) is 5.11. The summed E-state index contributed by atoms with van der Waals surface area (Å²) >= 11 is 0. The molecule has 1 atom stereocenters. The SMILES string of the molecule is CCC1Cc2c(F)cc(C(=O)OC)cc2CN1CC1CC2(CCCCC2)C1. The number of carbonyl (C=O) groups excluding carboxylic acids is 1. The number of hydrogen-bond acceptors (Lipinski definition) is 3. The average molecular weight is 374 g/mol. The normalized spacial score (nSPS) is 25.1. The van der Waals surface area contributed by atoms with Gasteiger partial charge in [0.05, 0.1) is 12.7 Å². The van der Waals surface area contributed by atoms with E-state index in [1.54, 1.807) is 0 Å². The van der Waals surface area contributed by atoms with Crippen LogP contribution in [0.2, 0.25) is 0 Å². The van der Waals surface area contributed by atoms with Gasteiger partial charge in [0.1, 0.15) is 5.82 Å². The van der Waals surface area contributed by atoms with Crippen molar-refractivity contribution in [2.24, 2.45) is 11.3 Å². The minimum absolute atomic E-state index is 0.254. The second-order valence-electron chi connectivity index (χ2n) is 9.12. The summed E-state index contributed by atoms with van der Waals surface area (Å²) in [5, 5.41) is 0. The molecule has 1 aromatic carbocycles. The highest BCUT2D eigenvalue weighted by Crippen LogP contribution is 2.55. The largest absolute Gasteiger partial charge is 0.465 e. The Morgan fingerprint density at radius 2 is 2.00 bits per heavy atom. The lowest BCUT2D eigenvalue weighted by molar-refractivity contribution is -0.0141. The minimum atomic E-state index is -0.459. The zero-order chi connectivity index (χ0) is 19.0. The molecule has 1 spiro atoms. The first-order valence-electron chi connectivity index (χ1n) is 10.7. The quantitative estimate of drug-likeness (QED) is 0.687. The molecular formula is C23H32FNO2. The van der Waals surface area contributed by atoms with Crippen molar-refractivity contribution in [3.05, 3.63) is 34.6 Å². The van der Waals surface area contributed by atoms with Crippen molar-refractivity contribution in [1.29, 1.82) is 0 Å². The lowest BCUT2D eigenvalue weighted by Crippen LogP contribution is -2.48. The molecule has 27 heavy (non-hydrogen) atoms. The number of hydrogen-bond donors (Lipinski definition) is 0. The van der Waals surface area contributed by atoms with Crippen molar-refractivity contribution in [2.75, 3.05) is 13.7 Å². The van der Waals surface area contributed by atoms with Crippen LogP contribution in [-0.2, 0) is 17.7 Å². The van der Waals surface area contributed by atoms with Crippen molar-refractivity contribution >= 4 is 5.97 Å². The number of methoxy groups -OCH3 is 1. The molecule has 3 aliphatic rings. The Labute approximate surface area is 162 Å². The molecule has 0 N–H and O–H groups in total. The van der Waals surface area contributed by atoms with E-state index in [1.165, 1.54) is 58.1 Å². The van der Waals surface area contributed by atoms with Crippen molar-refractivity contribution in [3.63, 3.8) is 0 Å². The van der Waals surface area contributed by atoms with Crippen LogP contribution in [0.25, 0.3) is 0 Å². The van der Waals surface area contributed by atoms with Crippen LogP contribution in [0.15, 0.2) is 12.1 Å². The maximum Gasteiger partial charge on any atom is 0.337 e. The van der Waals surface area contributed by atoms with E-state index in [2.05, 4.69) is 11.8 Å². The number of rotatable bonds is 4. The molecule has 1 heterocycles. The fourth-order valence-corrected chi connectivity index (χ4v) is 5.96. The van der Waals surface area contributed by atoms with Crippen LogP contribution in [-0.4, -0.2) is 30.6 Å². The number of ether oxygens (including phenoxy) is 1. The zero-order valence-corrected chi connectivity index (χ0v) is 16.7. The molecule has 1 aliphatic heterocycles. The predicted molar refractivity (Wildman–Crippen MR) is 104 cm³/mol. The monoisotopic (exact) mass is 373 g/mol. The van der Waals surface area contributed by atoms with Gasteiger partial charge in [0.2, 0.25) is 0 Å². The first kappa shape index (κ1) is 18.9. The molecule has 148 valence electrons. The number of halogens is 1. The van der Waals surface area contributed by atoms with Gasteiger partial charge in [-0.3, -0.25) is 4.90 Å². The fraction of sp³-hybridized carbons (Fsp3) is 0.696. The molecule has 0 amide bonds. The van der Waals surface area contributed by atoms with Crippen LogP contribution < -0.4 is 0 Å². The summed E-state index contributed by atoms with van der Waals surface area (Å²) in [6.07, 6.45) is 11.6. The van der Waals surface area contributed by atoms with Gasteiger partial charge in [0.15, 0.2) is 0 Å². The van der Waals surface area contributed by atoms with Crippen LogP contribution >= 0.6 is 0 Å². The van der Waals surface area contributed by atoms with Gasteiger partial charge >= 0.3 is 5.97 Å². The third kappa shape index (κ3) is 3.65. The number of benzene rings is 1. The summed E-state index contributed by atoms with van der Waals surface area (Å²) in [6, 6.07) is 3.58. The Morgan fingerprint density at radius 1 is 1.26 bits per heavy atom. The minimum Gasteiger partial charge on any atom is -0.465 e. The van der Waals surface area contributed by atoms with Crippen molar-refractivity contribution < 1.29 is 13.9 Å². The van der Waals surface area contributed by atoms with E-state index < -0.39 is 5.97 Å². The Hall–Kier alpha value is -1.42. The Morgan fingerprint density at radius 3 is 2.67 bits per heavy atom. The molecule has 0 saturated heterocycles. The summed E-state index contributed by atoms with van der Waals surface area (Å²) in [5.41, 5.74) is 2.74. The number of fused-ring (bicyclic) bond motifs is 1. The molecule has 1 unspecified atom stereocenters. The smallest absolute Gasteiger partial charge is 0.337 e. The van der Waals surface area contributed by atoms with E-state index in [0.717, 1.165) is 43.0 Å². The molecule has 3 nitrogen and oxygen atoms in total. The third-order valence-electron chi connectivity index (χ3n) is 7.36. The highest BCUT2D eigenvalue weighted by molar-refractivity contribution is 5.89. The zero-order valence-electron chi connectivity index (χ0n) is 16.7. The molecule has 1 aromatic rings. The number of carbonyl (C=O) groups is 1. The molecule has 0 aromatic heterocycles. The highest BCUT2D eigenvalue weighted by Gasteiger charge is 2.45. The first-order chi connectivity index (χ1) is 13.0. The third-order valence-corrected chi connectivity index (χ3v) is 7.36. The van der Waals surface area contributed by atoms with Gasteiger partial charge in [-0.2, -0.15) is 0 Å². The van der Waals surface area contributed by atoms with Gasteiger partial charge < -0.3 is 4.74 Å². The molecule has 4 rings (SSSR count). The van der Waals surface area contributed by atoms with E-state index in [9.17, 15) is 9.18 Å². The highest BCUT2D eigenvalue weighted by atomic mass is 19.1. The van der Waals surface area contributed by atoms with Gasteiger partial charge in [-0.05, 0) is 73.1 Å². The van der Waals surface area contributed by atoms with E-state index in [4.69, 9.17) is 4.74 Å². The lowest BCUT2D eigenvalue weighted by Gasteiger charge is -2.52. The molecule has 0 bridgehead atoms. The van der Waals surface area contributed by atoms with Crippen LogP contribution in [0, 0.1) is 17.2 Å². The van der Waals surface area contributed by atoms with Crippen LogP contribution in [0.3, 0.4) is 0 Å². The van der Waals surface area contributed by atoms with Gasteiger partial charge in [-0.15, -0.1) is 0 Å². The van der Waals surface area contributed by atoms with Crippen LogP contribution in [0.5, 0.6) is 0 Å². The van der Waals surface area contributed by atoms with Gasteiger partial charge in [-0.25, -0.2) is 9.18 Å². The number of esters is 1. The van der Waals surface area contributed by atoms with Gasteiger partial charge in [0, 0.05) is 19.1 Å². The molecule has 4 heteroatoms.